The SMILES string of the molecule is CC[C@H](C)[C@H](NS(=O)(=O)c1cc(C)cc(C)c1)C(=O)O. The van der Waals surface area contributed by atoms with Crippen LogP contribution in [0, 0.1) is 19.8 Å². The summed E-state index contributed by atoms with van der Waals surface area (Å²) in [7, 11) is -3.84. The number of rotatable bonds is 6. The number of carboxylic acids is 1. The zero-order chi connectivity index (χ0) is 15.5. The van der Waals surface area contributed by atoms with Crippen LogP contribution in [-0.4, -0.2) is 25.5 Å². The number of hydrogen-bond donors (Lipinski definition) is 2. The van der Waals surface area contributed by atoms with Crippen molar-refractivity contribution in [2.24, 2.45) is 5.92 Å². The molecule has 0 aliphatic heterocycles. The molecule has 0 fully saturated rings. The summed E-state index contributed by atoms with van der Waals surface area (Å²) in [5, 5.41) is 9.17. The van der Waals surface area contributed by atoms with Crippen LogP contribution in [0.15, 0.2) is 23.1 Å². The molecule has 0 amide bonds. The fourth-order valence-electron chi connectivity index (χ4n) is 1.97. The highest BCUT2D eigenvalue weighted by Gasteiger charge is 2.29. The van der Waals surface area contributed by atoms with Crippen molar-refractivity contribution in [2.45, 2.75) is 45.1 Å². The van der Waals surface area contributed by atoms with Crippen LogP contribution in [0.5, 0.6) is 0 Å². The largest absolute Gasteiger partial charge is 0.480 e. The lowest BCUT2D eigenvalue weighted by Crippen LogP contribution is -2.44. The average Bonchev–Trinajstić information content (AvgIpc) is 2.33. The minimum Gasteiger partial charge on any atom is -0.480 e. The van der Waals surface area contributed by atoms with Crippen molar-refractivity contribution in [3.63, 3.8) is 0 Å². The Morgan fingerprint density at radius 3 is 2.15 bits per heavy atom. The number of aliphatic carboxylic acids is 1. The Morgan fingerprint density at radius 1 is 1.25 bits per heavy atom. The molecule has 0 heterocycles. The van der Waals surface area contributed by atoms with E-state index in [1.807, 2.05) is 13.0 Å². The first-order valence-electron chi connectivity index (χ1n) is 6.50. The Labute approximate surface area is 120 Å². The van der Waals surface area contributed by atoms with Gasteiger partial charge in [0.05, 0.1) is 4.90 Å². The molecule has 0 aromatic heterocycles. The molecule has 2 N–H and O–H groups in total. The van der Waals surface area contributed by atoms with Crippen molar-refractivity contribution in [3.8, 4) is 0 Å². The highest BCUT2D eigenvalue weighted by atomic mass is 32.2. The monoisotopic (exact) mass is 299 g/mol. The number of aryl methyl sites for hydroxylation is 2. The number of carbonyl (C=O) groups is 1. The molecule has 0 bridgehead atoms. The highest BCUT2D eigenvalue weighted by molar-refractivity contribution is 7.89. The summed E-state index contributed by atoms with van der Waals surface area (Å²) < 4.78 is 26.9. The Bertz CT molecular complexity index is 575. The second-order valence-electron chi connectivity index (χ2n) is 5.15. The van der Waals surface area contributed by atoms with E-state index in [0.29, 0.717) is 6.42 Å². The van der Waals surface area contributed by atoms with Gasteiger partial charge in [-0.3, -0.25) is 4.79 Å². The van der Waals surface area contributed by atoms with E-state index < -0.39 is 22.0 Å². The maximum Gasteiger partial charge on any atom is 0.322 e. The summed E-state index contributed by atoms with van der Waals surface area (Å²) in [6, 6.07) is 3.81. The van der Waals surface area contributed by atoms with Gasteiger partial charge in [-0.05, 0) is 43.0 Å². The number of nitrogens with one attached hydrogen (secondary N) is 1. The molecule has 2 atom stereocenters. The molecule has 0 radical (unpaired) electrons. The minimum atomic E-state index is -3.84. The molecule has 20 heavy (non-hydrogen) atoms. The molecule has 1 aromatic carbocycles. The van der Waals surface area contributed by atoms with Gasteiger partial charge in [0.1, 0.15) is 6.04 Å². The topological polar surface area (TPSA) is 83.5 Å². The van der Waals surface area contributed by atoms with Gasteiger partial charge in [0.25, 0.3) is 0 Å². The third kappa shape index (κ3) is 4.05. The van der Waals surface area contributed by atoms with E-state index in [-0.39, 0.29) is 10.8 Å². The molecule has 0 saturated carbocycles. The van der Waals surface area contributed by atoms with Gasteiger partial charge in [0.15, 0.2) is 0 Å². The average molecular weight is 299 g/mol. The van der Waals surface area contributed by atoms with Gasteiger partial charge >= 0.3 is 5.97 Å². The van der Waals surface area contributed by atoms with Gasteiger partial charge in [-0.1, -0.05) is 26.3 Å². The molecule has 6 heteroatoms. The standard InChI is InChI=1S/C14H21NO4S/c1-5-11(4)13(14(16)17)15-20(18,19)12-7-9(2)6-10(3)8-12/h6-8,11,13,15H,5H2,1-4H3,(H,16,17)/t11-,13-/m0/s1. The fraction of sp³-hybridized carbons (Fsp3) is 0.500. The van der Waals surface area contributed by atoms with E-state index in [2.05, 4.69) is 4.72 Å². The van der Waals surface area contributed by atoms with Crippen LogP contribution in [0.25, 0.3) is 0 Å². The van der Waals surface area contributed by atoms with Gasteiger partial charge in [0.2, 0.25) is 10.0 Å². The fourth-order valence-corrected chi connectivity index (χ4v) is 3.45. The maximum atomic E-state index is 12.3. The first kappa shape index (κ1) is 16.7. The number of sulfonamides is 1. The molecular formula is C14H21NO4S. The normalized spacial score (nSPS) is 14.8. The number of hydrogen-bond acceptors (Lipinski definition) is 3. The Hall–Kier alpha value is -1.40. The summed E-state index contributed by atoms with van der Waals surface area (Å²) in [6.07, 6.45) is 0.576. The van der Waals surface area contributed by atoms with Crippen LogP contribution in [-0.2, 0) is 14.8 Å². The lowest BCUT2D eigenvalue weighted by molar-refractivity contribution is -0.140. The van der Waals surface area contributed by atoms with Crippen molar-refractivity contribution < 1.29 is 18.3 Å². The predicted octanol–water partition coefficient (Wildman–Crippen LogP) is 2.08. The number of benzene rings is 1. The van der Waals surface area contributed by atoms with Crippen LogP contribution in [0.4, 0.5) is 0 Å². The third-order valence-corrected chi connectivity index (χ3v) is 4.69. The molecule has 1 aromatic rings. The van der Waals surface area contributed by atoms with Crippen LogP contribution < -0.4 is 4.72 Å². The van der Waals surface area contributed by atoms with Crippen molar-refractivity contribution in [2.75, 3.05) is 0 Å². The maximum absolute atomic E-state index is 12.3. The van der Waals surface area contributed by atoms with E-state index in [4.69, 9.17) is 5.11 Å². The molecule has 112 valence electrons. The van der Waals surface area contributed by atoms with Crippen LogP contribution in [0.3, 0.4) is 0 Å². The zero-order valence-electron chi connectivity index (χ0n) is 12.2. The molecule has 0 saturated heterocycles. The van der Waals surface area contributed by atoms with Crippen molar-refractivity contribution >= 4 is 16.0 Å². The Balaban J connectivity index is 3.13. The van der Waals surface area contributed by atoms with Crippen molar-refractivity contribution in [1.82, 2.24) is 4.72 Å². The summed E-state index contributed by atoms with van der Waals surface area (Å²) >= 11 is 0. The van der Waals surface area contributed by atoms with Crippen LogP contribution >= 0.6 is 0 Å². The third-order valence-electron chi connectivity index (χ3n) is 3.27. The van der Waals surface area contributed by atoms with Gasteiger partial charge < -0.3 is 5.11 Å². The lowest BCUT2D eigenvalue weighted by atomic mass is 10.0. The van der Waals surface area contributed by atoms with E-state index in [1.165, 1.54) is 12.1 Å². The van der Waals surface area contributed by atoms with E-state index in [0.717, 1.165) is 11.1 Å². The van der Waals surface area contributed by atoms with E-state index in [9.17, 15) is 13.2 Å². The van der Waals surface area contributed by atoms with E-state index in [1.54, 1.807) is 20.8 Å². The smallest absolute Gasteiger partial charge is 0.322 e. The van der Waals surface area contributed by atoms with Crippen LogP contribution in [0.1, 0.15) is 31.4 Å². The van der Waals surface area contributed by atoms with Gasteiger partial charge in [-0.25, -0.2) is 8.42 Å². The quantitative estimate of drug-likeness (QED) is 0.842. The van der Waals surface area contributed by atoms with Crippen molar-refractivity contribution in [1.29, 1.82) is 0 Å². The molecule has 1 rings (SSSR count). The predicted molar refractivity (Wildman–Crippen MR) is 77.1 cm³/mol. The molecule has 5 nitrogen and oxygen atoms in total. The molecule has 0 spiro atoms. The number of carboxylic acid groups (broad SMARTS) is 1. The highest BCUT2D eigenvalue weighted by Crippen LogP contribution is 2.17. The lowest BCUT2D eigenvalue weighted by Gasteiger charge is -2.20. The Kier molecular flexibility index (Phi) is 5.30. The van der Waals surface area contributed by atoms with Gasteiger partial charge in [-0.15, -0.1) is 0 Å². The van der Waals surface area contributed by atoms with Crippen molar-refractivity contribution in [3.05, 3.63) is 29.3 Å². The Morgan fingerprint density at radius 2 is 1.75 bits per heavy atom. The first-order valence-corrected chi connectivity index (χ1v) is 7.99. The molecule has 0 aliphatic carbocycles. The van der Waals surface area contributed by atoms with E-state index >= 15 is 0 Å². The second-order valence-corrected chi connectivity index (χ2v) is 6.86. The molecule has 0 unspecified atom stereocenters. The van der Waals surface area contributed by atoms with Gasteiger partial charge in [-0.2, -0.15) is 4.72 Å². The second kappa shape index (κ2) is 6.37. The van der Waals surface area contributed by atoms with Gasteiger partial charge in [0, 0.05) is 0 Å². The zero-order valence-corrected chi connectivity index (χ0v) is 13.0. The molecule has 0 aliphatic rings. The van der Waals surface area contributed by atoms with Crippen LogP contribution in [0.2, 0.25) is 0 Å². The summed E-state index contributed by atoms with van der Waals surface area (Å²) in [4.78, 5) is 11.3. The molecular weight excluding hydrogens is 278 g/mol. The summed E-state index contributed by atoms with van der Waals surface area (Å²) in [6.45, 7) is 7.14. The first-order chi connectivity index (χ1) is 9.17. The summed E-state index contributed by atoms with van der Waals surface area (Å²) in [5.41, 5.74) is 1.64. The summed E-state index contributed by atoms with van der Waals surface area (Å²) in [5.74, 6) is -1.44. The minimum absolute atomic E-state index is 0.101.